The molecule has 150 valence electrons. The largest absolute Gasteiger partial charge is 0.508 e. The molecule has 1 spiro atoms. The highest BCUT2D eigenvalue weighted by Gasteiger charge is 2.54. The molecule has 0 aromatic heterocycles. The van der Waals surface area contributed by atoms with E-state index in [1.54, 1.807) is 30.3 Å². The van der Waals surface area contributed by atoms with Crippen LogP contribution in [0.25, 0.3) is 0 Å². The van der Waals surface area contributed by atoms with Gasteiger partial charge in [0.15, 0.2) is 11.4 Å². The lowest BCUT2D eigenvalue weighted by atomic mass is 9.76. The third-order valence-electron chi connectivity index (χ3n) is 5.58. The minimum absolute atomic E-state index is 0.0103. The molecule has 6 heteroatoms. The van der Waals surface area contributed by atoms with E-state index in [0.717, 1.165) is 0 Å². The van der Waals surface area contributed by atoms with E-state index in [-0.39, 0.29) is 22.8 Å². The van der Waals surface area contributed by atoms with Gasteiger partial charge in [-0.25, -0.2) is 4.79 Å². The van der Waals surface area contributed by atoms with Gasteiger partial charge in [-0.3, -0.25) is 4.79 Å². The van der Waals surface area contributed by atoms with Crippen LogP contribution in [0.4, 0.5) is 0 Å². The molecule has 0 saturated heterocycles. The molecule has 0 atom stereocenters. The minimum Gasteiger partial charge on any atom is -0.508 e. The van der Waals surface area contributed by atoms with E-state index in [9.17, 15) is 19.8 Å². The highest BCUT2D eigenvalue weighted by molar-refractivity contribution is 6.09. The minimum atomic E-state index is -1.35. The Morgan fingerprint density at radius 3 is 2.17 bits per heavy atom. The van der Waals surface area contributed by atoms with Crippen LogP contribution in [0.3, 0.4) is 0 Å². The SMILES string of the molecule is CCCC(=O)c1cccc2c1C(=O)OC21c2ccc(O)cc2Oc2cc(O)ccc21. The summed E-state index contributed by atoms with van der Waals surface area (Å²) < 4.78 is 11.9. The van der Waals surface area contributed by atoms with Gasteiger partial charge in [0.1, 0.15) is 23.0 Å². The second kappa shape index (κ2) is 6.35. The molecule has 3 aromatic carbocycles. The lowest BCUT2D eigenvalue weighted by molar-refractivity contribution is 0.0223. The molecule has 2 heterocycles. The average molecular weight is 402 g/mol. The Labute approximate surface area is 172 Å². The molecule has 6 nitrogen and oxygen atoms in total. The maximum absolute atomic E-state index is 13.1. The van der Waals surface area contributed by atoms with Crippen molar-refractivity contribution < 1.29 is 29.3 Å². The third kappa shape index (κ3) is 2.37. The number of hydrogen-bond acceptors (Lipinski definition) is 6. The summed E-state index contributed by atoms with van der Waals surface area (Å²) >= 11 is 0. The zero-order valence-electron chi connectivity index (χ0n) is 16.1. The van der Waals surface area contributed by atoms with Crippen molar-refractivity contribution >= 4 is 11.8 Å². The number of carbonyl (C=O) groups excluding carboxylic acids is 2. The van der Waals surface area contributed by atoms with Crippen molar-refractivity contribution in [2.45, 2.75) is 25.4 Å². The number of fused-ring (bicyclic) bond motifs is 6. The number of ether oxygens (including phenoxy) is 2. The molecule has 30 heavy (non-hydrogen) atoms. The van der Waals surface area contributed by atoms with Crippen molar-refractivity contribution in [3.05, 3.63) is 82.4 Å². The van der Waals surface area contributed by atoms with E-state index < -0.39 is 11.6 Å². The number of rotatable bonds is 3. The zero-order chi connectivity index (χ0) is 21.0. The summed E-state index contributed by atoms with van der Waals surface area (Å²) in [5, 5.41) is 19.9. The number of phenolic OH excluding ortho intramolecular Hbond substituents is 2. The molecule has 0 fully saturated rings. The topological polar surface area (TPSA) is 93.1 Å². The second-order valence-corrected chi connectivity index (χ2v) is 7.44. The van der Waals surface area contributed by atoms with Crippen LogP contribution in [0, 0.1) is 0 Å². The third-order valence-corrected chi connectivity index (χ3v) is 5.58. The predicted molar refractivity (Wildman–Crippen MR) is 107 cm³/mol. The molecule has 2 N–H and O–H groups in total. The molecule has 2 aliphatic heterocycles. The number of hydrogen-bond donors (Lipinski definition) is 2. The number of benzene rings is 3. The monoisotopic (exact) mass is 402 g/mol. The first-order valence-corrected chi connectivity index (χ1v) is 9.70. The van der Waals surface area contributed by atoms with Crippen LogP contribution < -0.4 is 4.74 Å². The molecule has 0 bridgehead atoms. The first-order valence-electron chi connectivity index (χ1n) is 9.70. The maximum Gasteiger partial charge on any atom is 0.340 e. The molecule has 5 rings (SSSR count). The van der Waals surface area contributed by atoms with Gasteiger partial charge in [-0.1, -0.05) is 25.1 Å². The van der Waals surface area contributed by atoms with Gasteiger partial charge in [0.2, 0.25) is 0 Å². The van der Waals surface area contributed by atoms with Gasteiger partial charge >= 0.3 is 5.97 Å². The molecular weight excluding hydrogens is 384 g/mol. The summed E-state index contributed by atoms with van der Waals surface area (Å²) in [7, 11) is 0. The van der Waals surface area contributed by atoms with Crippen LogP contribution in [-0.4, -0.2) is 22.0 Å². The molecule has 3 aromatic rings. The predicted octanol–water partition coefficient (Wildman–Crippen LogP) is 4.65. The fourth-order valence-electron chi connectivity index (χ4n) is 4.34. The van der Waals surface area contributed by atoms with Crippen LogP contribution in [0.2, 0.25) is 0 Å². The lowest BCUT2D eigenvalue weighted by Crippen LogP contribution is -2.32. The average Bonchev–Trinajstić information content (AvgIpc) is 3.01. The Morgan fingerprint density at radius 2 is 1.57 bits per heavy atom. The van der Waals surface area contributed by atoms with E-state index in [1.165, 1.54) is 24.3 Å². The number of esters is 1. The van der Waals surface area contributed by atoms with Crippen molar-refractivity contribution in [1.29, 1.82) is 0 Å². The smallest absolute Gasteiger partial charge is 0.340 e. The van der Waals surface area contributed by atoms with Gasteiger partial charge in [0.05, 0.1) is 5.56 Å². The Bertz CT molecular complexity index is 1170. The molecule has 0 unspecified atom stereocenters. The van der Waals surface area contributed by atoms with E-state index in [0.29, 0.717) is 46.6 Å². The highest BCUT2D eigenvalue weighted by atomic mass is 16.6. The summed E-state index contributed by atoms with van der Waals surface area (Å²) in [5.74, 6) is -0.122. The van der Waals surface area contributed by atoms with E-state index in [2.05, 4.69) is 0 Å². The lowest BCUT2D eigenvalue weighted by Gasteiger charge is -2.36. The number of ketones is 1. The van der Waals surface area contributed by atoms with Gasteiger partial charge in [-0.15, -0.1) is 0 Å². The summed E-state index contributed by atoms with van der Waals surface area (Å²) in [5.41, 5.74) is 0.839. The highest BCUT2D eigenvalue weighted by Crippen LogP contribution is 2.57. The summed E-state index contributed by atoms with van der Waals surface area (Å²) in [4.78, 5) is 25.8. The fourth-order valence-corrected chi connectivity index (χ4v) is 4.34. The van der Waals surface area contributed by atoms with Crippen molar-refractivity contribution in [3.8, 4) is 23.0 Å². The van der Waals surface area contributed by atoms with Crippen LogP contribution in [0.15, 0.2) is 54.6 Å². The Kier molecular flexibility index (Phi) is 3.86. The summed E-state index contributed by atoms with van der Waals surface area (Å²) in [6.07, 6.45) is 0.996. The molecule has 0 radical (unpaired) electrons. The van der Waals surface area contributed by atoms with Crippen LogP contribution in [0.5, 0.6) is 23.0 Å². The Hall–Kier alpha value is -3.80. The van der Waals surface area contributed by atoms with Gasteiger partial charge in [-0.05, 0) is 30.7 Å². The summed E-state index contributed by atoms with van der Waals surface area (Å²) in [6.45, 7) is 1.91. The van der Waals surface area contributed by atoms with Crippen molar-refractivity contribution in [2.24, 2.45) is 0 Å². The van der Waals surface area contributed by atoms with Gasteiger partial charge < -0.3 is 19.7 Å². The van der Waals surface area contributed by atoms with Crippen molar-refractivity contribution in [3.63, 3.8) is 0 Å². The number of phenols is 2. The number of carbonyl (C=O) groups is 2. The van der Waals surface area contributed by atoms with E-state index in [1.807, 2.05) is 6.92 Å². The standard InChI is InChI=1S/C24H18O6/c1-2-4-19(27)15-5-3-6-18-22(15)23(28)30-24(18)16-9-7-13(25)11-20(16)29-21-12-14(26)8-10-17(21)24/h3,5-12,25-26H,2,4H2,1H3. The van der Waals surface area contributed by atoms with Crippen LogP contribution in [-0.2, 0) is 10.3 Å². The normalized spacial score (nSPS) is 15.0. The fraction of sp³-hybridized carbons (Fsp3) is 0.167. The first-order chi connectivity index (χ1) is 14.5. The van der Waals surface area contributed by atoms with Gasteiger partial charge in [0, 0.05) is 40.8 Å². The molecule has 0 aliphatic carbocycles. The zero-order valence-corrected chi connectivity index (χ0v) is 16.1. The molecule has 0 amide bonds. The molecule has 2 aliphatic rings. The summed E-state index contributed by atoms with van der Waals surface area (Å²) in [6, 6.07) is 14.3. The van der Waals surface area contributed by atoms with Crippen LogP contribution in [0.1, 0.15) is 57.2 Å². The quantitative estimate of drug-likeness (QED) is 0.489. The Balaban J connectivity index is 1.85. The van der Waals surface area contributed by atoms with E-state index in [4.69, 9.17) is 9.47 Å². The first kappa shape index (κ1) is 18.2. The molecular formula is C24H18O6. The second-order valence-electron chi connectivity index (χ2n) is 7.44. The van der Waals surface area contributed by atoms with Crippen molar-refractivity contribution in [1.82, 2.24) is 0 Å². The van der Waals surface area contributed by atoms with Gasteiger partial charge in [-0.2, -0.15) is 0 Å². The molecule has 0 saturated carbocycles. The number of aromatic hydroxyl groups is 2. The number of Topliss-reactive ketones (excluding diaryl/α,β-unsaturated/α-hetero) is 1. The van der Waals surface area contributed by atoms with Crippen molar-refractivity contribution in [2.75, 3.05) is 0 Å². The maximum atomic E-state index is 13.1. The van der Waals surface area contributed by atoms with E-state index >= 15 is 0 Å². The van der Waals surface area contributed by atoms with Crippen LogP contribution >= 0.6 is 0 Å². The Morgan fingerprint density at radius 1 is 0.933 bits per heavy atom. The van der Waals surface area contributed by atoms with Gasteiger partial charge in [0.25, 0.3) is 0 Å².